The molecular formula is C15H21N6O5P. The normalized spacial score (nSPS) is 31.0. The summed E-state index contributed by atoms with van der Waals surface area (Å²) in [5.74, 6) is 0.692. The maximum absolute atomic E-state index is 10.8. The molecule has 1 saturated heterocycles. The standard InChI is InChI=1S/C15H21N6O5P/c1-15(23)10(22)8(5-25-27-24)26-13(15)21-6-17-9-11(20(2)7-3-4-7)18-14(16)19-12(9)21/h6-8,10,13,22-23H,3-5H2,1-2H3,(H2,16,18,19)/t8-,10?,13-,15-/m1/s1. The van der Waals surface area contributed by atoms with Gasteiger partial charge in [-0.1, -0.05) is 0 Å². The summed E-state index contributed by atoms with van der Waals surface area (Å²) >= 11 is 0. The summed E-state index contributed by atoms with van der Waals surface area (Å²) in [4.78, 5) is 15.0. The average Bonchev–Trinajstić information content (AvgIpc) is 3.36. The van der Waals surface area contributed by atoms with E-state index in [0.717, 1.165) is 12.8 Å². The Kier molecular flexibility index (Phi) is 4.52. The molecule has 2 aromatic heterocycles. The second kappa shape index (κ2) is 6.61. The van der Waals surface area contributed by atoms with Gasteiger partial charge in [0.25, 0.3) is 0 Å². The average molecular weight is 396 g/mol. The van der Waals surface area contributed by atoms with Gasteiger partial charge in [0.05, 0.1) is 12.9 Å². The predicted molar refractivity (Wildman–Crippen MR) is 95.3 cm³/mol. The van der Waals surface area contributed by atoms with Gasteiger partial charge in [-0.25, -0.2) is 9.55 Å². The van der Waals surface area contributed by atoms with Gasteiger partial charge in [-0.3, -0.25) is 9.09 Å². The zero-order valence-electron chi connectivity index (χ0n) is 14.9. The molecule has 0 spiro atoms. The van der Waals surface area contributed by atoms with E-state index >= 15 is 0 Å². The molecule has 1 unspecified atom stereocenters. The van der Waals surface area contributed by atoms with Crippen molar-refractivity contribution >= 4 is 31.6 Å². The topological polar surface area (TPSA) is 149 Å². The number of nitrogens with two attached hydrogens (primary N) is 1. The van der Waals surface area contributed by atoms with Crippen LogP contribution in [0.5, 0.6) is 0 Å². The Balaban J connectivity index is 1.74. The van der Waals surface area contributed by atoms with Gasteiger partial charge in [0.15, 0.2) is 23.2 Å². The number of anilines is 2. The van der Waals surface area contributed by atoms with E-state index in [9.17, 15) is 14.8 Å². The lowest BCUT2D eigenvalue weighted by Gasteiger charge is -2.27. The summed E-state index contributed by atoms with van der Waals surface area (Å²) in [6.45, 7) is 1.31. The Bertz CT molecular complexity index is 872. The number of hydrogen-bond acceptors (Lipinski definition) is 10. The number of aromatic nitrogens is 4. The first-order valence-electron chi connectivity index (χ1n) is 8.58. The van der Waals surface area contributed by atoms with Gasteiger partial charge in [0.2, 0.25) is 5.95 Å². The molecule has 0 bridgehead atoms. The minimum Gasteiger partial charge on any atom is -0.387 e. The van der Waals surface area contributed by atoms with Crippen LogP contribution in [0.2, 0.25) is 0 Å². The van der Waals surface area contributed by atoms with Crippen LogP contribution >= 0.6 is 8.69 Å². The van der Waals surface area contributed by atoms with Crippen molar-refractivity contribution in [2.45, 2.75) is 49.8 Å². The van der Waals surface area contributed by atoms with Gasteiger partial charge >= 0.3 is 8.69 Å². The summed E-state index contributed by atoms with van der Waals surface area (Å²) in [6.07, 6.45) is 0.532. The van der Waals surface area contributed by atoms with Crippen LogP contribution in [0.3, 0.4) is 0 Å². The highest BCUT2D eigenvalue weighted by atomic mass is 31.1. The molecule has 2 fully saturated rings. The molecule has 0 radical (unpaired) electrons. The predicted octanol–water partition coefficient (Wildman–Crippen LogP) is 0.240. The third kappa shape index (κ3) is 3.05. The van der Waals surface area contributed by atoms with Gasteiger partial charge < -0.3 is 25.6 Å². The Hall–Kier alpha value is -1.91. The van der Waals surface area contributed by atoms with Gasteiger partial charge in [-0.15, -0.1) is 0 Å². The molecule has 3 heterocycles. The van der Waals surface area contributed by atoms with Crippen molar-refractivity contribution in [2.75, 3.05) is 24.3 Å². The van der Waals surface area contributed by atoms with Crippen molar-refractivity contribution in [3.63, 3.8) is 0 Å². The molecule has 2 aliphatic rings. The lowest BCUT2D eigenvalue weighted by atomic mass is 9.96. The Morgan fingerprint density at radius 3 is 2.93 bits per heavy atom. The van der Waals surface area contributed by atoms with Gasteiger partial charge in [-0.05, 0) is 19.8 Å². The highest BCUT2D eigenvalue weighted by molar-refractivity contribution is 7.17. The largest absolute Gasteiger partial charge is 0.387 e. The molecule has 27 heavy (non-hydrogen) atoms. The monoisotopic (exact) mass is 396 g/mol. The van der Waals surface area contributed by atoms with E-state index in [0.29, 0.717) is 23.0 Å². The van der Waals surface area contributed by atoms with Crippen molar-refractivity contribution in [3.05, 3.63) is 6.33 Å². The highest BCUT2D eigenvalue weighted by Gasteiger charge is 2.53. The molecule has 0 amide bonds. The number of nitrogens with zero attached hydrogens (tertiary/aromatic N) is 5. The third-order valence-electron chi connectivity index (χ3n) is 5.15. The number of aliphatic hydroxyl groups excluding tert-OH is 1. The number of imidazole rings is 1. The molecule has 0 aromatic carbocycles. The van der Waals surface area contributed by atoms with Crippen LogP contribution in [0.25, 0.3) is 11.2 Å². The first kappa shape index (κ1) is 18.5. The van der Waals surface area contributed by atoms with Gasteiger partial charge in [0.1, 0.15) is 17.8 Å². The minimum atomic E-state index is -1.65. The van der Waals surface area contributed by atoms with Crippen molar-refractivity contribution in [2.24, 2.45) is 0 Å². The zero-order valence-corrected chi connectivity index (χ0v) is 15.8. The van der Waals surface area contributed by atoms with Crippen LogP contribution in [-0.4, -0.2) is 67.2 Å². The molecule has 1 saturated carbocycles. The Morgan fingerprint density at radius 1 is 1.52 bits per heavy atom. The lowest BCUT2D eigenvalue weighted by molar-refractivity contribution is -0.0946. The fourth-order valence-corrected chi connectivity index (χ4v) is 3.66. The Labute approximate surface area is 156 Å². The first-order chi connectivity index (χ1) is 12.8. The number of rotatable bonds is 6. The Morgan fingerprint density at radius 2 is 2.26 bits per heavy atom. The maximum Gasteiger partial charge on any atom is 0.327 e. The van der Waals surface area contributed by atoms with Crippen LogP contribution in [0.1, 0.15) is 26.0 Å². The van der Waals surface area contributed by atoms with Crippen molar-refractivity contribution in [1.29, 1.82) is 0 Å². The van der Waals surface area contributed by atoms with E-state index in [1.54, 1.807) is 0 Å². The van der Waals surface area contributed by atoms with Crippen LogP contribution < -0.4 is 10.6 Å². The fourth-order valence-electron chi connectivity index (χ4n) is 3.45. The number of fused-ring (bicyclic) bond motifs is 1. The molecule has 11 nitrogen and oxygen atoms in total. The van der Waals surface area contributed by atoms with Crippen LogP contribution in [-0.2, 0) is 13.8 Å². The van der Waals surface area contributed by atoms with E-state index in [2.05, 4.69) is 15.0 Å². The SMILES string of the molecule is CN(c1nc(N)nc2c1ncn2[C@@H]1O[C@H](COP=O)C(O)[C@@]1(C)O)C1CC1. The molecular weight excluding hydrogens is 375 g/mol. The summed E-state index contributed by atoms with van der Waals surface area (Å²) in [7, 11) is 1.40. The molecule has 4 rings (SSSR count). The smallest absolute Gasteiger partial charge is 0.327 e. The van der Waals surface area contributed by atoms with Crippen molar-refractivity contribution in [3.8, 4) is 0 Å². The van der Waals surface area contributed by atoms with Crippen molar-refractivity contribution in [1.82, 2.24) is 19.5 Å². The zero-order chi connectivity index (χ0) is 19.3. The lowest BCUT2D eigenvalue weighted by Crippen LogP contribution is -2.44. The molecule has 4 atom stereocenters. The first-order valence-corrected chi connectivity index (χ1v) is 9.31. The van der Waals surface area contributed by atoms with Crippen LogP contribution in [0.15, 0.2) is 6.33 Å². The fraction of sp³-hybridized carbons (Fsp3) is 0.667. The number of aliphatic hydroxyl groups is 2. The maximum atomic E-state index is 10.8. The second-order valence-corrected chi connectivity index (χ2v) is 7.55. The van der Waals surface area contributed by atoms with E-state index in [4.69, 9.17) is 15.0 Å². The quantitative estimate of drug-likeness (QED) is 0.580. The molecule has 12 heteroatoms. The van der Waals surface area contributed by atoms with Crippen LogP contribution in [0, 0.1) is 0 Å². The van der Waals surface area contributed by atoms with Gasteiger partial charge in [0, 0.05) is 13.1 Å². The summed E-state index contributed by atoms with van der Waals surface area (Å²) in [5.41, 5.74) is 5.18. The molecule has 146 valence electrons. The molecule has 1 aliphatic carbocycles. The molecule has 1 aliphatic heterocycles. The second-order valence-electron chi connectivity index (χ2n) is 7.14. The highest BCUT2D eigenvalue weighted by Crippen LogP contribution is 2.41. The summed E-state index contributed by atoms with van der Waals surface area (Å²) in [5, 5.41) is 21.2. The third-order valence-corrected chi connectivity index (χ3v) is 5.40. The van der Waals surface area contributed by atoms with E-state index in [-0.39, 0.29) is 12.6 Å². The van der Waals surface area contributed by atoms with E-state index in [1.165, 1.54) is 17.8 Å². The number of ether oxygens (including phenoxy) is 1. The van der Waals surface area contributed by atoms with Crippen molar-refractivity contribution < 1.29 is 24.0 Å². The minimum absolute atomic E-state index is 0.0787. The molecule has 4 N–H and O–H groups in total. The van der Waals surface area contributed by atoms with E-state index in [1.807, 2.05) is 11.9 Å². The summed E-state index contributed by atoms with van der Waals surface area (Å²) in [6, 6.07) is 0.396. The number of hydrogen-bond donors (Lipinski definition) is 3. The molecule has 2 aromatic rings. The van der Waals surface area contributed by atoms with Crippen LogP contribution in [0.4, 0.5) is 11.8 Å². The summed E-state index contributed by atoms with van der Waals surface area (Å²) < 4.78 is 22.6. The van der Waals surface area contributed by atoms with Gasteiger partial charge in [-0.2, -0.15) is 9.97 Å². The number of nitrogen functional groups attached to an aromatic ring is 1. The van der Waals surface area contributed by atoms with E-state index < -0.39 is 32.7 Å².